The van der Waals surface area contributed by atoms with E-state index in [0.717, 1.165) is 42.1 Å². The number of anilines is 1. The van der Waals surface area contributed by atoms with Gasteiger partial charge in [0.1, 0.15) is 5.75 Å². The van der Waals surface area contributed by atoms with Gasteiger partial charge in [0.25, 0.3) is 5.91 Å². The largest absolute Gasteiger partial charge is 0.497 e. The lowest BCUT2D eigenvalue weighted by molar-refractivity contribution is -0.895. The second-order valence-electron chi connectivity index (χ2n) is 7.42. The maximum atomic E-state index is 12.5. The van der Waals surface area contributed by atoms with Crippen molar-refractivity contribution in [3.05, 3.63) is 65.7 Å². The molecule has 6 nitrogen and oxygen atoms in total. The van der Waals surface area contributed by atoms with Gasteiger partial charge in [0.2, 0.25) is 5.91 Å². The van der Waals surface area contributed by atoms with Gasteiger partial charge in [-0.15, -0.1) is 0 Å². The quantitative estimate of drug-likeness (QED) is 0.685. The number of carbonyl (C=O) groups excluding carboxylic acids is 2. The number of rotatable bonds is 7. The third kappa shape index (κ3) is 5.94. The molecule has 0 spiro atoms. The van der Waals surface area contributed by atoms with E-state index in [1.807, 2.05) is 59.5 Å². The van der Waals surface area contributed by atoms with Gasteiger partial charge in [-0.25, -0.2) is 0 Å². The minimum absolute atomic E-state index is 0.00167. The fraction of sp³-hybridized carbons (Fsp3) is 0.333. The van der Waals surface area contributed by atoms with E-state index in [9.17, 15) is 9.59 Å². The van der Waals surface area contributed by atoms with E-state index >= 15 is 0 Å². The van der Waals surface area contributed by atoms with Crippen LogP contribution in [0.3, 0.4) is 0 Å². The molecule has 1 fully saturated rings. The van der Waals surface area contributed by atoms with Crippen molar-refractivity contribution in [2.75, 3.05) is 45.2 Å². The molecule has 1 aliphatic rings. The normalized spacial score (nSPS) is 14.7. The molecule has 3 rings (SSSR count). The number of nitrogens with zero attached hydrogens (tertiary/aromatic N) is 1. The van der Waals surface area contributed by atoms with Crippen molar-refractivity contribution in [3.8, 4) is 5.75 Å². The Labute approximate surface area is 178 Å². The van der Waals surface area contributed by atoms with Crippen LogP contribution in [0.15, 0.2) is 54.6 Å². The zero-order chi connectivity index (χ0) is 21.3. The molecule has 0 unspecified atom stereocenters. The number of piperazine rings is 1. The number of methoxy groups -OCH3 is 1. The Morgan fingerprint density at radius 1 is 1.13 bits per heavy atom. The minimum atomic E-state index is -0.00167. The fourth-order valence-corrected chi connectivity index (χ4v) is 3.61. The van der Waals surface area contributed by atoms with Crippen LogP contribution in [-0.4, -0.2) is 56.5 Å². The monoisotopic (exact) mass is 408 g/mol. The van der Waals surface area contributed by atoms with Gasteiger partial charge in [0.15, 0.2) is 6.54 Å². The van der Waals surface area contributed by atoms with Crippen LogP contribution >= 0.6 is 0 Å². The van der Waals surface area contributed by atoms with Crippen molar-refractivity contribution < 1.29 is 19.2 Å². The molecule has 0 saturated carbocycles. The van der Waals surface area contributed by atoms with E-state index in [1.54, 1.807) is 13.2 Å². The predicted molar refractivity (Wildman–Crippen MR) is 119 cm³/mol. The summed E-state index contributed by atoms with van der Waals surface area (Å²) >= 11 is 0. The first-order valence-electron chi connectivity index (χ1n) is 10.4. The highest BCUT2D eigenvalue weighted by molar-refractivity contribution is 5.92. The molecule has 1 aliphatic heterocycles. The molecule has 1 heterocycles. The van der Waals surface area contributed by atoms with Gasteiger partial charge < -0.3 is 19.9 Å². The van der Waals surface area contributed by atoms with Crippen LogP contribution in [0, 0.1) is 0 Å². The van der Waals surface area contributed by atoms with Crippen LogP contribution in [0.25, 0.3) is 6.08 Å². The van der Waals surface area contributed by atoms with E-state index in [2.05, 4.69) is 12.2 Å². The number of carbonyl (C=O) groups is 2. The molecule has 2 amide bonds. The molecule has 30 heavy (non-hydrogen) atoms. The molecule has 2 N–H and O–H groups in total. The van der Waals surface area contributed by atoms with E-state index in [4.69, 9.17) is 4.74 Å². The summed E-state index contributed by atoms with van der Waals surface area (Å²) in [5.41, 5.74) is 2.95. The molecule has 2 aromatic rings. The van der Waals surface area contributed by atoms with Crippen molar-refractivity contribution in [2.24, 2.45) is 0 Å². The third-order valence-corrected chi connectivity index (χ3v) is 5.38. The summed E-state index contributed by atoms with van der Waals surface area (Å²) in [7, 11) is 1.62. The van der Waals surface area contributed by atoms with Crippen LogP contribution in [0.4, 0.5) is 5.69 Å². The van der Waals surface area contributed by atoms with E-state index < -0.39 is 0 Å². The van der Waals surface area contributed by atoms with Crippen molar-refractivity contribution >= 4 is 23.6 Å². The Balaban J connectivity index is 1.46. The fourth-order valence-electron chi connectivity index (χ4n) is 3.61. The number of quaternary nitrogens is 1. The molecule has 0 aliphatic carbocycles. The average molecular weight is 409 g/mol. The van der Waals surface area contributed by atoms with Gasteiger partial charge in [0.05, 0.1) is 33.3 Å². The van der Waals surface area contributed by atoms with E-state index in [-0.39, 0.29) is 11.8 Å². The van der Waals surface area contributed by atoms with Crippen molar-refractivity contribution in [1.29, 1.82) is 0 Å². The number of amides is 2. The van der Waals surface area contributed by atoms with E-state index in [0.29, 0.717) is 19.6 Å². The minimum Gasteiger partial charge on any atom is -0.497 e. The number of ether oxygens (including phenoxy) is 1. The smallest absolute Gasteiger partial charge is 0.279 e. The average Bonchev–Trinajstić information content (AvgIpc) is 2.78. The molecule has 6 heteroatoms. The van der Waals surface area contributed by atoms with Crippen molar-refractivity contribution in [1.82, 2.24) is 4.90 Å². The van der Waals surface area contributed by atoms with Gasteiger partial charge in [-0.3, -0.25) is 9.59 Å². The molecule has 0 bridgehead atoms. The molecule has 158 valence electrons. The topological polar surface area (TPSA) is 63.1 Å². The van der Waals surface area contributed by atoms with Gasteiger partial charge in [-0.05, 0) is 41.8 Å². The van der Waals surface area contributed by atoms with Crippen LogP contribution in [0.2, 0.25) is 0 Å². The molecule has 0 atom stereocenters. The molecule has 1 saturated heterocycles. The standard InChI is InChI=1S/C24H29N3O3/c1-3-20-8-4-5-10-22(20)25-23(28)18-26-13-15-27(16-14-26)24(29)12-11-19-7-6-9-21(17-19)30-2/h4-12,17H,3,13-16,18H2,1-2H3,(H,25,28)/p+1/b12-11+. The summed E-state index contributed by atoms with van der Waals surface area (Å²) in [5.74, 6) is 0.781. The Kier molecular flexibility index (Phi) is 7.63. The summed E-state index contributed by atoms with van der Waals surface area (Å²) in [5, 5.41) is 3.03. The molecular weight excluding hydrogens is 378 g/mol. The van der Waals surface area contributed by atoms with Crippen LogP contribution < -0.4 is 15.0 Å². The van der Waals surface area contributed by atoms with Gasteiger partial charge in [-0.1, -0.05) is 37.3 Å². The Hall–Kier alpha value is -3.12. The lowest BCUT2D eigenvalue weighted by Crippen LogP contribution is -3.15. The maximum Gasteiger partial charge on any atom is 0.279 e. The molecule has 2 aromatic carbocycles. The Bertz CT molecular complexity index is 902. The summed E-state index contributed by atoms with van der Waals surface area (Å²) in [6, 6.07) is 15.5. The highest BCUT2D eigenvalue weighted by Crippen LogP contribution is 2.15. The van der Waals surface area contributed by atoms with Gasteiger partial charge in [0, 0.05) is 11.8 Å². The van der Waals surface area contributed by atoms with Gasteiger partial charge in [-0.2, -0.15) is 0 Å². The number of benzene rings is 2. The highest BCUT2D eigenvalue weighted by atomic mass is 16.5. The summed E-state index contributed by atoms with van der Waals surface area (Å²) < 4.78 is 5.21. The second kappa shape index (κ2) is 10.6. The molecule has 0 radical (unpaired) electrons. The summed E-state index contributed by atoms with van der Waals surface area (Å²) in [6.45, 7) is 5.32. The lowest BCUT2D eigenvalue weighted by Gasteiger charge is -2.31. The zero-order valence-corrected chi connectivity index (χ0v) is 17.7. The number of hydrogen-bond acceptors (Lipinski definition) is 3. The Morgan fingerprint density at radius 3 is 2.63 bits per heavy atom. The van der Waals surface area contributed by atoms with Crippen LogP contribution in [-0.2, 0) is 16.0 Å². The zero-order valence-electron chi connectivity index (χ0n) is 17.7. The van der Waals surface area contributed by atoms with Crippen molar-refractivity contribution in [3.63, 3.8) is 0 Å². The first-order chi connectivity index (χ1) is 14.6. The van der Waals surface area contributed by atoms with Gasteiger partial charge >= 0.3 is 0 Å². The number of nitrogens with one attached hydrogen (secondary N) is 2. The first-order valence-corrected chi connectivity index (χ1v) is 10.4. The summed E-state index contributed by atoms with van der Waals surface area (Å²) in [6.07, 6.45) is 4.30. The SMILES string of the molecule is CCc1ccccc1NC(=O)C[NH+]1CCN(C(=O)/C=C/c2cccc(OC)c2)CC1. The number of hydrogen-bond donors (Lipinski definition) is 2. The third-order valence-electron chi connectivity index (χ3n) is 5.38. The Morgan fingerprint density at radius 2 is 1.90 bits per heavy atom. The number of para-hydroxylation sites is 1. The number of aryl methyl sites for hydroxylation is 1. The van der Waals surface area contributed by atoms with E-state index in [1.165, 1.54) is 4.90 Å². The lowest BCUT2D eigenvalue weighted by atomic mass is 10.1. The maximum absolute atomic E-state index is 12.5. The summed E-state index contributed by atoms with van der Waals surface area (Å²) in [4.78, 5) is 28.0. The molecular formula is C24H30N3O3+. The molecule has 0 aromatic heterocycles. The second-order valence-corrected chi connectivity index (χ2v) is 7.42. The predicted octanol–water partition coefficient (Wildman–Crippen LogP) is 1.64. The first kappa shape index (κ1) is 21.6. The highest BCUT2D eigenvalue weighted by Gasteiger charge is 2.24. The van der Waals surface area contributed by atoms with Crippen molar-refractivity contribution in [2.45, 2.75) is 13.3 Å². The van der Waals surface area contributed by atoms with Crippen LogP contribution in [0.5, 0.6) is 5.75 Å². The van der Waals surface area contributed by atoms with Crippen LogP contribution in [0.1, 0.15) is 18.1 Å².